The molecule has 0 fully saturated rings. The summed E-state index contributed by atoms with van der Waals surface area (Å²) in [5.41, 5.74) is 2.11. The molecule has 2 aromatic carbocycles. The molecule has 0 saturated carbocycles. The molecule has 0 unspecified atom stereocenters. The molecule has 0 aliphatic carbocycles. The highest BCUT2D eigenvalue weighted by Crippen LogP contribution is 2.22. The minimum Gasteiger partial charge on any atom is -0.496 e. The van der Waals surface area contributed by atoms with Crippen LogP contribution in [-0.2, 0) is 17.6 Å². The van der Waals surface area contributed by atoms with E-state index in [2.05, 4.69) is 16.4 Å². The second-order valence-corrected chi connectivity index (χ2v) is 6.60. The third-order valence-corrected chi connectivity index (χ3v) is 4.91. The molecule has 24 heavy (non-hydrogen) atoms. The number of nitrogens with one attached hydrogen (secondary N) is 1. The first-order valence-electron chi connectivity index (χ1n) is 7.99. The number of benzene rings is 2. The van der Waals surface area contributed by atoms with Gasteiger partial charge in [0, 0.05) is 19.4 Å². The Morgan fingerprint density at radius 3 is 2.75 bits per heavy atom. The van der Waals surface area contributed by atoms with E-state index >= 15 is 0 Å². The Morgan fingerprint density at radius 2 is 1.92 bits per heavy atom. The summed E-state index contributed by atoms with van der Waals surface area (Å²) in [4.78, 5) is 16.6. The number of aryl methyl sites for hydroxylation is 1. The second-order valence-electron chi connectivity index (χ2n) is 5.49. The van der Waals surface area contributed by atoms with Crippen LogP contribution in [0.3, 0.4) is 0 Å². The first kappa shape index (κ1) is 16.5. The molecule has 0 spiro atoms. The number of carbonyl (C=O) groups is 1. The van der Waals surface area contributed by atoms with Crippen LogP contribution in [0.2, 0.25) is 0 Å². The van der Waals surface area contributed by atoms with Crippen LogP contribution in [-0.4, -0.2) is 24.5 Å². The number of amides is 1. The molecule has 1 heterocycles. The van der Waals surface area contributed by atoms with Crippen LogP contribution in [0.4, 0.5) is 0 Å². The van der Waals surface area contributed by atoms with Crippen LogP contribution >= 0.6 is 11.3 Å². The van der Waals surface area contributed by atoms with Gasteiger partial charge in [0.2, 0.25) is 5.91 Å². The molecular weight excluding hydrogens is 320 g/mol. The minimum atomic E-state index is 0.0594. The number of aromatic nitrogens is 1. The highest BCUT2D eigenvalue weighted by molar-refractivity contribution is 7.18. The van der Waals surface area contributed by atoms with Crippen molar-refractivity contribution in [2.45, 2.75) is 19.3 Å². The number of methoxy groups -OCH3 is 1. The monoisotopic (exact) mass is 340 g/mol. The summed E-state index contributed by atoms with van der Waals surface area (Å²) in [7, 11) is 1.66. The molecule has 1 amide bonds. The van der Waals surface area contributed by atoms with Gasteiger partial charge in [-0.05, 0) is 30.2 Å². The number of hydrogen-bond acceptors (Lipinski definition) is 4. The Balaban J connectivity index is 1.46. The second kappa shape index (κ2) is 7.93. The zero-order valence-corrected chi connectivity index (χ0v) is 14.4. The van der Waals surface area contributed by atoms with Gasteiger partial charge in [-0.1, -0.05) is 30.3 Å². The Labute approximate surface area is 145 Å². The fourth-order valence-electron chi connectivity index (χ4n) is 2.58. The molecule has 5 heteroatoms. The van der Waals surface area contributed by atoms with Crippen molar-refractivity contribution in [1.29, 1.82) is 0 Å². The fraction of sp³-hybridized carbons (Fsp3) is 0.263. The number of thiazole rings is 1. The zero-order valence-electron chi connectivity index (χ0n) is 13.6. The number of carbonyl (C=O) groups excluding carboxylic acids is 1. The normalized spacial score (nSPS) is 10.7. The number of rotatable bonds is 7. The highest BCUT2D eigenvalue weighted by atomic mass is 32.1. The van der Waals surface area contributed by atoms with Gasteiger partial charge >= 0.3 is 0 Å². The number of fused-ring (bicyclic) bond motifs is 1. The minimum absolute atomic E-state index is 0.0594. The predicted molar refractivity (Wildman–Crippen MR) is 97.6 cm³/mol. The average molecular weight is 340 g/mol. The van der Waals surface area contributed by atoms with Crippen molar-refractivity contribution in [3.63, 3.8) is 0 Å². The maximum absolute atomic E-state index is 12.0. The van der Waals surface area contributed by atoms with E-state index in [-0.39, 0.29) is 5.91 Å². The van der Waals surface area contributed by atoms with Gasteiger partial charge in [0.05, 0.1) is 22.3 Å². The third-order valence-electron chi connectivity index (χ3n) is 3.81. The molecule has 0 aliphatic rings. The van der Waals surface area contributed by atoms with Crippen molar-refractivity contribution in [2.75, 3.05) is 13.7 Å². The average Bonchev–Trinajstić information content (AvgIpc) is 3.03. The largest absolute Gasteiger partial charge is 0.496 e. The molecule has 0 aliphatic heterocycles. The number of hydrogen-bond donors (Lipinski definition) is 1. The van der Waals surface area contributed by atoms with Gasteiger partial charge < -0.3 is 10.1 Å². The Morgan fingerprint density at radius 1 is 1.12 bits per heavy atom. The van der Waals surface area contributed by atoms with Crippen molar-refractivity contribution in [3.05, 3.63) is 59.1 Å². The summed E-state index contributed by atoms with van der Waals surface area (Å²) in [5.74, 6) is 0.922. The lowest BCUT2D eigenvalue weighted by atomic mass is 10.1. The third kappa shape index (κ3) is 4.11. The Kier molecular flexibility index (Phi) is 5.43. The Bertz CT molecular complexity index is 796. The van der Waals surface area contributed by atoms with E-state index in [4.69, 9.17) is 4.74 Å². The highest BCUT2D eigenvalue weighted by Gasteiger charge is 2.07. The van der Waals surface area contributed by atoms with Crippen LogP contribution in [0, 0.1) is 0 Å². The van der Waals surface area contributed by atoms with E-state index < -0.39 is 0 Å². The molecule has 4 nitrogen and oxygen atoms in total. The number of ether oxygens (including phenoxy) is 1. The van der Waals surface area contributed by atoms with Gasteiger partial charge in [0.25, 0.3) is 0 Å². The van der Waals surface area contributed by atoms with Gasteiger partial charge in [-0.2, -0.15) is 0 Å². The van der Waals surface area contributed by atoms with Gasteiger partial charge in [0.1, 0.15) is 5.75 Å². The van der Waals surface area contributed by atoms with Gasteiger partial charge in [0.15, 0.2) is 0 Å². The fourth-order valence-corrected chi connectivity index (χ4v) is 3.55. The quantitative estimate of drug-likeness (QED) is 0.715. The maximum Gasteiger partial charge on any atom is 0.220 e. The summed E-state index contributed by atoms with van der Waals surface area (Å²) in [6, 6.07) is 15.9. The number of para-hydroxylation sites is 2. The van der Waals surface area contributed by atoms with Crippen molar-refractivity contribution in [1.82, 2.24) is 10.3 Å². The molecule has 124 valence electrons. The maximum atomic E-state index is 12.0. The SMILES string of the molecule is COc1ccccc1CCNC(=O)CCc1nc2ccccc2s1. The molecule has 1 N–H and O–H groups in total. The van der Waals surface area contributed by atoms with E-state index in [1.807, 2.05) is 42.5 Å². The van der Waals surface area contributed by atoms with E-state index in [1.165, 1.54) is 4.70 Å². The first-order chi connectivity index (χ1) is 11.8. The first-order valence-corrected chi connectivity index (χ1v) is 8.81. The van der Waals surface area contributed by atoms with Crippen LogP contribution in [0.1, 0.15) is 17.0 Å². The Hall–Kier alpha value is -2.40. The van der Waals surface area contributed by atoms with Crippen molar-refractivity contribution < 1.29 is 9.53 Å². The van der Waals surface area contributed by atoms with Crippen LogP contribution < -0.4 is 10.1 Å². The summed E-state index contributed by atoms with van der Waals surface area (Å²) in [5, 5.41) is 3.98. The molecular formula is C19H20N2O2S. The predicted octanol–water partition coefficient (Wildman–Crippen LogP) is 3.60. The lowest BCUT2D eigenvalue weighted by Gasteiger charge is -2.08. The zero-order chi connectivity index (χ0) is 16.8. The lowest BCUT2D eigenvalue weighted by Crippen LogP contribution is -2.25. The smallest absolute Gasteiger partial charge is 0.220 e. The van der Waals surface area contributed by atoms with E-state index in [1.54, 1.807) is 18.4 Å². The number of nitrogens with zero attached hydrogens (tertiary/aromatic N) is 1. The van der Waals surface area contributed by atoms with E-state index in [0.29, 0.717) is 19.4 Å². The van der Waals surface area contributed by atoms with Gasteiger partial charge in [-0.15, -0.1) is 11.3 Å². The van der Waals surface area contributed by atoms with Crippen molar-refractivity contribution in [3.8, 4) is 5.75 Å². The molecule has 0 bridgehead atoms. The summed E-state index contributed by atoms with van der Waals surface area (Å²) >= 11 is 1.66. The van der Waals surface area contributed by atoms with Gasteiger partial charge in [-0.25, -0.2) is 4.98 Å². The summed E-state index contributed by atoms with van der Waals surface area (Å²) in [6.07, 6.45) is 1.91. The molecule has 1 aromatic heterocycles. The molecule has 3 rings (SSSR count). The van der Waals surface area contributed by atoms with Crippen LogP contribution in [0.15, 0.2) is 48.5 Å². The lowest BCUT2D eigenvalue weighted by molar-refractivity contribution is -0.121. The van der Waals surface area contributed by atoms with Crippen LogP contribution in [0.25, 0.3) is 10.2 Å². The van der Waals surface area contributed by atoms with E-state index in [0.717, 1.165) is 28.3 Å². The van der Waals surface area contributed by atoms with E-state index in [9.17, 15) is 4.79 Å². The standard InChI is InChI=1S/C19H20N2O2S/c1-23-16-8-4-2-6-14(16)12-13-20-18(22)10-11-19-21-15-7-3-5-9-17(15)24-19/h2-9H,10-13H2,1H3,(H,20,22). The summed E-state index contributed by atoms with van der Waals surface area (Å²) in [6.45, 7) is 0.610. The molecule has 0 radical (unpaired) electrons. The summed E-state index contributed by atoms with van der Waals surface area (Å²) < 4.78 is 6.49. The molecule has 3 aromatic rings. The topological polar surface area (TPSA) is 51.2 Å². The van der Waals surface area contributed by atoms with Crippen LogP contribution in [0.5, 0.6) is 5.75 Å². The molecule has 0 atom stereocenters. The molecule has 0 saturated heterocycles. The van der Waals surface area contributed by atoms with Gasteiger partial charge in [-0.3, -0.25) is 4.79 Å². The van der Waals surface area contributed by atoms with Crippen molar-refractivity contribution in [2.24, 2.45) is 0 Å². The van der Waals surface area contributed by atoms with Crippen molar-refractivity contribution >= 4 is 27.5 Å².